The summed E-state index contributed by atoms with van der Waals surface area (Å²) in [5, 5.41) is 0. The van der Waals surface area contributed by atoms with Crippen molar-refractivity contribution in [2.45, 2.75) is 77.0 Å². The van der Waals surface area contributed by atoms with Crippen LogP contribution >= 0.6 is 0 Å². The van der Waals surface area contributed by atoms with Gasteiger partial charge in [0.15, 0.2) is 5.78 Å². The number of fused-ring (bicyclic) bond motifs is 4. The monoisotopic (exact) mass is 476 g/mol. The van der Waals surface area contributed by atoms with Crippen molar-refractivity contribution in [1.82, 2.24) is 0 Å². The van der Waals surface area contributed by atoms with Gasteiger partial charge in [-0.25, -0.2) is 0 Å². The summed E-state index contributed by atoms with van der Waals surface area (Å²) < 4.78 is 0. The second-order valence-electron chi connectivity index (χ2n) is 12.3. The van der Waals surface area contributed by atoms with Gasteiger partial charge in [-0.3, -0.25) is 4.79 Å². The molecule has 4 atom stereocenters. The fourth-order valence-corrected chi connectivity index (χ4v) is 7.41. The summed E-state index contributed by atoms with van der Waals surface area (Å²) in [5.41, 5.74) is 7.97. The maximum atomic E-state index is 13.2. The van der Waals surface area contributed by atoms with Crippen LogP contribution in [0.1, 0.15) is 85.8 Å². The summed E-state index contributed by atoms with van der Waals surface area (Å²) in [6, 6.07) is 26.0. The molecule has 0 heterocycles. The van der Waals surface area contributed by atoms with Crippen molar-refractivity contribution in [3.63, 3.8) is 0 Å². The van der Waals surface area contributed by atoms with E-state index in [0.717, 1.165) is 36.2 Å². The molecule has 1 nitrogen and oxygen atoms in total. The molecule has 6 rings (SSSR count). The highest BCUT2D eigenvalue weighted by Gasteiger charge is 2.49. The Balaban J connectivity index is 1.10. The van der Waals surface area contributed by atoms with Crippen LogP contribution in [0.3, 0.4) is 0 Å². The van der Waals surface area contributed by atoms with Gasteiger partial charge in [0.25, 0.3) is 0 Å². The van der Waals surface area contributed by atoms with Crippen molar-refractivity contribution >= 4 is 5.78 Å². The summed E-state index contributed by atoms with van der Waals surface area (Å²) >= 11 is 0. The van der Waals surface area contributed by atoms with Crippen LogP contribution in [0.4, 0.5) is 0 Å². The minimum atomic E-state index is 0.231. The Bertz CT molecular complexity index is 1220. The van der Waals surface area contributed by atoms with Gasteiger partial charge in [0, 0.05) is 12.0 Å². The lowest BCUT2D eigenvalue weighted by Gasteiger charge is -2.53. The second-order valence-corrected chi connectivity index (χ2v) is 12.3. The lowest BCUT2D eigenvalue weighted by Crippen LogP contribution is -2.48. The smallest absolute Gasteiger partial charge is 0.162 e. The number of hydrogen-bond donors (Lipinski definition) is 0. The van der Waals surface area contributed by atoms with Gasteiger partial charge in [-0.2, -0.15) is 0 Å². The molecule has 0 amide bonds. The minimum absolute atomic E-state index is 0.231. The van der Waals surface area contributed by atoms with Crippen molar-refractivity contribution in [2.75, 3.05) is 0 Å². The molecule has 2 unspecified atom stereocenters. The van der Waals surface area contributed by atoms with Crippen molar-refractivity contribution in [3.8, 4) is 11.1 Å². The Labute approximate surface area is 217 Å². The van der Waals surface area contributed by atoms with Gasteiger partial charge in [0.05, 0.1) is 0 Å². The van der Waals surface area contributed by atoms with Gasteiger partial charge in [0.2, 0.25) is 0 Å². The van der Waals surface area contributed by atoms with Crippen molar-refractivity contribution in [1.29, 1.82) is 0 Å². The summed E-state index contributed by atoms with van der Waals surface area (Å²) in [7, 11) is 0. The standard InChI is InChI=1S/C35H40O/c1-24-32-22-30-17-18-31(23-33(30)35(24,2)20-19-29(32)21-26-11-12-26)34(36)10-6-7-25-13-15-28(16-14-25)27-8-4-3-5-9-27/h3-5,8-9,13-18,23-24,26,29,32H,6-7,10-12,19-22H2,1-2H3/t24-,29-,32?,35?/m0/s1. The number of hydrogen-bond acceptors (Lipinski definition) is 1. The van der Waals surface area contributed by atoms with E-state index in [1.54, 1.807) is 0 Å². The average molecular weight is 477 g/mol. The second kappa shape index (κ2) is 9.66. The Morgan fingerprint density at radius 2 is 1.67 bits per heavy atom. The first-order valence-corrected chi connectivity index (χ1v) is 14.3. The van der Waals surface area contributed by atoms with E-state index < -0.39 is 0 Å². The first-order chi connectivity index (χ1) is 17.5. The number of Topliss-reactive ketones (excluding diaryl/α,β-unsaturated/α-hetero) is 1. The van der Waals surface area contributed by atoms with E-state index in [1.807, 2.05) is 0 Å². The number of aryl methyl sites for hydroxylation is 1. The fraction of sp³-hybridized carbons (Fsp3) is 0.457. The van der Waals surface area contributed by atoms with E-state index in [1.165, 1.54) is 66.3 Å². The van der Waals surface area contributed by atoms with E-state index in [4.69, 9.17) is 0 Å². The fourth-order valence-electron chi connectivity index (χ4n) is 7.41. The lowest BCUT2D eigenvalue weighted by atomic mass is 9.51. The topological polar surface area (TPSA) is 17.1 Å². The molecular weight excluding hydrogens is 436 g/mol. The normalized spacial score (nSPS) is 26.9. The van der Waals surface area contributed by atoms with Gasteiger partial charge in [-0.05, 0) is 101 Å². The molecule has 0 saturated heterocycles. The Hall–Kier alpha value is -2.67. The van der Waals surface area contributed by atoms with Crippen LogP contribution in [0.5, 0.6) is 0 Å². The molecular formula is C35H40O. The molecule has 2 bridgehead atoms. The maximum absolute atomic E-state index is 13.2. The van der Waals surface area contributed by atoms with Crippen LogP contribution in [-0.4, -0.2) is 5.78 Å². The van der Waals surface area contributed by atoms with Gasteiger partial charge < -0.3 is 0 Å². The molecule has 0 radical (unpaired) electrons. The summed E-state index contributed by atoms with van der Waals surface area (Å²) in [4.78, 5) is 13.2. The van der Waals surface area contributed by atoms with Gasteiger partial charge >= 0.3 is 0 Å². The highest BCUT2D eigenvalue weighted by atomic mass is 16.1. The molecule has 186 valence electrons. The van der Waals surface area contributed by atoms with Crippen LogP contribution in [0.2, 0.25) is 0 Å². The van der Waals surface area contributed by atoms with E-state index >= 15 is 0 Å². The first-order valence-electron chi connectivity index (χ1n) is 14.3. The van der Waals surface area contributed by atoms with Gasteiger partial charge in [-0.1, -0.05) is 93.4 Å². The summed E-state index contributed by atoms with van der Waals surface area (Å²) in [6.45, 7) is 4.99. The average Bonchev–Trinajstić information content (AvgIpc) is 3.73. The first kappa shape index (κ1) is 23.7. The van der Waals surface area contributed by atoms with Crippen LogP contribution < -0.4 is 0 Å². The molecule has 3 aromatic carbocycles. The van der Waals surface area contributed by atoms with E-state index in [0.29, 0.717) is 18.1 Å². The zero-order valence-electron chi connectivity index (χ0n) is 22.0. The molecule has 3 aromatic rings. The highest BCUT2D eigenvalue weighted by molar-refractivity contribution is 5.96. The number of carbonyl (C=O) groups is 1. The minimum Gasteiger partial charge on any atom is -0.294 e. The Morgan fingerprint density at radius 3 is 2.42 bits per heavy atom. The number of ketones is 1. The number of carbonyl (C=O) groups excluding carboxylic acids is 1. The van der Waals surface area contributed by atoms with Gasteiger partial charge in [-0.15, -0.1) is 0 Å². The van der Waals surface area contributed by atoms with Gasteiger partial charge in [0.1, 0.15) is 0 Å². The molecule has 0 aromatic heterocycles. The van der Waals surface area contributed by atoms with E-state index in [2.05, 4.69) is 86.6 Å². The molecule has 0 aliphatic heterocycles. The highest BCUT2D eigenvalue weighted by Crippen LogP contribution is 2.56. The van der Waals surface area contributed by atoms with Crippen LogP contribution in [-0.2, 0) is 18.3 Å². The molecule has 0 N–H and O–H groups in total. The third kappa shape index (κ3) is 4.58. The number of rotatable bonds is 8. The van der Waals surface area contributed by atoms with E-state index in [9.17, 15) is 4.79 Å². The van der Waals surface area contributed by atoms with Crippen LogP contribution in [0.15, 0.2) is 72.8 Å². The molecule has 0 spiro atoms. The van der Waals surface area contributed by atoms with Crippen molar-refractivity contribution in [2.24, 2.45) is 23.7 Å². The Morgan fingerprint density at radius 1 is 0.917 bits per heavy atom. The molecule has 3 aliphatic carbocycles. The largest absolute Gasteiger partial charge is 0.294 e. The quantitative estimate of drug-likeness (QED) is 0.297. The van der Waals surface area contributed by atoms with Crippen molar-refractivity contribution in [3.05, 3.63) is 95.1 Å². The van der Waals surface area contributed by atoms with Crippen LogP contribution in [0.25, 0.3) is 11.1 Å². The molecule has 1 heteroatoms. The molecule has 2 fully saturated rings. The predicted molar refractivity (Wildman–Crippen MR) is 149 cm³/mol. The SMILES string of the molecule is C[C@H]1C2Cc3ccc(C(=O)CCCc4ccc(-c5ccccc5)cc4)cc3C1(C)CC[C@H]2CC1CC1. The van der Waals surface area contributed by atoms with E-state index in [-0.39, 0.29) is 5.41 Å². The molecule has 3 aliphatic rings. The van der Waals surface area contributed by atoms with Crippen molar-refractivity contribution < 1.29 is 4.79 Å². The zero-order valence-corrected chi connectivity index (χ0v) is 22.0. The molecule has 36 heavy (non-hydrogen) atoms. The third-order valence-corrected chi connectivity index (χ3v) is 10.1. The summed E-state index contributed by atoms with van der Waals surface area (Å²) in [5.74, 6) is 3.78. The van der Waals surface area contributed by atoms with Crippen LogP contribution in [0, 0.1) is 23.7 Å². The third-order valence-electron chi connectivity index (χ3n) is 10.1. The summed E-state index contributed by atoms with van der Waals surface area (Å²) in [6.07, 6.45) is 10.8. The number of benzene rings is 3. The Kier molecular flexibility index (Phi) is 6.36. The lowest BCUT2D eigenvalue weighted by molar-refractivity contribution is 0.0594. The maximum Gasteiger partial charge on any atom is 0.162 e. The zero-order chi connectivity index (χ0) is 24.7. The predicted octanol–water partition coefficient (Wildman–Crippen LogP) is 8.84. The molecule has 2 saturated carbocycles.